The first-order valence-corrected chi connectivity index (χ1v) is 7.54. The van der Waals surface area contributed by atoms with E-state index < -0.39 is 0 Å². The molecular formula is C16H21N5. The Morgan fingerprint density at radius 1 is 1.38 bits per heavy atom. The van der Waals surface area contributed by atoms with Crippen molar-refractivity contribution >= 4 is 16.9 Å². The molecule has 5 heteroatoms. The molecule has 0 amide bonds. The molecule has 1 aliphatic carbocycles. The lowest BCUT2D eigenvalue weighted by Gasteiger charge is -2.13. The van der Waals surface area contributed by atoms with E-state index in [9.17, 15) is 0 Å². The zero-order valence-corrected chi connectivity index (χ0v) is 12.3. The number of hydrogen-bond acceptors (Lipinski definition) is 4. The van der Waals surface area contributed by atoms with Gasteiger partial charge in [-0.3, -0.25) is 0 Å². The van der Waals surface area contributed by atoms with Gasteiger partial charge in [0, 0.05) is 12.2 Å². The average molecular weight is 283 g/mol. The Kier molecular flexibility index (Phi) is 3.80. The van der Waals surface area contributed by atoms with Crippen molar-refractivity contribution in [3.63, 3.8) is 0 Å². The number of nitrogens with two attached hydrogens (primary N) is 2. The van der Waals surface area contributed by atoms with Crippen molar-refractivity contribution in [1.29, 1.82) is 0 Å². The van der Waals surface area contributed by atoms with Crippen LogP contribution in [-0.4, -0.2) is 21.1 Å². The smallest absolute Gasteiger partial charge is 0.147 e. The Morgan fingerprint density at radius 3 is 2.95 bits per heavy atom. The van der Waals surface area contributed by atoms with E-state index in [1.807, 2.05) is 0 Å². The van der Waals surface area contributed by atoms with Gasteiger partial charge in [0.25, 0.3) is 0 Å². The topological polar surface area (TPSA) is 82.8 Å². The van der Waals surface area contributed by atoms with Crippen LogP contribution in [0.2, 0.25) is 0 Å². The van der Waals surface area contributed by atoms with Crippen LogP contribution in [0.3, 0.4) is 0 Å². The zero-order chi connectivity index (χ0) is 14.8. The molecule has 0 bridgehead atoms. The molecule has 4 N–H and O–H groups in total. The fourth-order valence-electron chi connectivity index (χ4n) is 3.30. The quantitative estimate of drug-likeness (QED) is 0.827. The number of hydrogen-bond donors (Lipinski definition) is 2. The van der Waals surface area contributed by atoms with E-state index in [2.05, 4.69) is 39.5 Å². The summed E-state index contributed by atoms with van der Waals surface area (Å²) in [7, 11) is 0. The van der Waals surface area contributed by atoms with Crippen molar-refractivity contribution in [3.05, 3.63) is 18.1 Å². The molecule has 2 unspecified atom stereocenters. The van der Waals surface area contributed by atoms with Gasteiger partial charge in [-0.2, -0.15) is 0 Å². The monoisotopic (exact) mass is 283 g/mol. The molecule has 0 radical (unpaired) electrons. The third-order valence-corrected chi connectivity index (χ3v) is 4.45. The van der Waals surface area contributed by atoms with E-state index in [0.717, 1.165) is 22.5 Å². The summed E-state index contributed by atoms with van der Waals surface area (Å²) in [6, 6.07) is 0.486. The molecule has 2 aromatic rings. The maximum Gasteiger partial charge on any atom is 0.147 e. The van der Waals surface area contributed by atoms with Crippen molar-refractivity contribution in [2.75, 3.05) is 12.3 Å². The van der Waals surface area contributed by atoms with Crippen molar-refractivity contribution in [3.8, 4) is 11.8 Å². The van der Waals surface area contributed by atoms with Crippen LogP contribution in [-0.2, 0) is 0 Å². The fourth-order valence-corrected chi connectivity index (χ4v) is 3.30. The number of rotatable bonds is 2. The van der Waals surface area contributed by atoms with Gasteiger partial charge in [0.2, 0.25) is 0 Å². The van der Waals surface area contributed by atoms with Crippen molar-refractivity contribution in [1.82, 2.24) is 14.5 Å². The van der Waals surface area contributed by atoms with Gasteiger partial charge in [-0.15, -0.1) is 0 Å². The fraction of sp³-hybridized carbons (Fsp3) is 0.500. The summed E-state index contributed by atoms with van der Waals surface area (Å²) in [6.07, 6.45) is 8.52. The van der Waals surface area contributed by atoms with Gasteiger partial charge in [-0.1, -0.05) is 25.2 Å². The number of nitrogens with zero attached hydrogens (tertiary/aromatic N) is 3. The molecule has 2 aromatic heterocycles. The lowest BCUT2D eigenvalue weighted by molar-refractivity contribution is 0.475. The van der Waals surface area contributed by atoms with Gasteiger partial charge in [0.05, 0.1) is 17.5 Å². The summed E-state index contributed by atoms with van der Waals surface area (Å²) in [4.78, 5) is 8.54. The molecule has 110 valence electrons. The molecule has 0 aromatic carbocycles. The highest BCUT2D eigenvalue weighted by atomic mass is 15.1. The van der Waals surface area contributed by atoms with Gasteiger partial charge in [-0.05, 0) is 25.2 Å². The SMILES string of the molecule is CCC1CCC(n2cc(C#CCN)c3c(N)ncnc32)C1. The maximum atomic E-state index is 6.03. The standard InChI is InChI=1S/C16H21N5/c1-2-11-5-6-13(8-11)21-9-12(4-3-7-17)14-15(18)19-10-20-16(14)21/h9-11,13H,2,5-8,17H2,1H3,(H2,18,19,20). The highest BCUT2D eigenvalue weighted by Gasteiger charge is 2.27. The summed E-state index contributed by atoms with van der Waals surface area (Å²) < 4.78 is 2.24. The predicted molar refractivity (Wildman–Crippen MR) is 84.5 cm³/mol. The number of anilines is 1. The Bertz CT molecular complexity index is 707. The summed E-state index contributed by atoms with van der Waals surface area (Å²) >= 11 is 0. The largest absolute Gasteiger partial charge is 0.383 e. The van der Waals surface area contributed by atoms with E-state index in [1.165, 1.54) is 32.0 Å². The molecule has 3 rings (SSSR count). The van der Waals surface area contributed by atoms with Crippen LogP contribution in [0.1, 0.15) is 44.2 Å². The minimum atomic E-state index is 0.335. The lowest BCUT2D eigenvalue weighted by atomic mass is 10.1. The first kappa shape index (κ1) is 13.9. The second kappa shape index (κ2) is 5.74. The summed E-state index contributed by atoms with van der Waals surface area (Å²) in [5, 5.41) is 0.860. The van der Waals surface area contributed by atoms with Crippen LogP contribution in [0, 0.1) is 17.8 Å². The summed E-state index contributed by atoms with van der Waals surface area (Å²) in [5.41, 5.74) is 13.3. The second-order valence-electron chi connectivity index (χ2n) is 5.65. The molecule has 2 heterocycles. The number of fused-ring (bicyclic) bond motifs is 1. The van der Waals surface area contributed by atoms with Crippen molar-refractivity contribution < 1.29 is 0 Å². The van der Waals surface area contributed by atoms with Crippen LogP contribution in [0.5, 0.6) is 0 Å². The molecule has 0 saturated heterocycles. The second-order valence-corrected chi connectivity index (χ2v) is 5.65. The van der Waals surface area contributed by atoms with Crippen LogP contribution in [0.4, 0.5) is 5.82 Å². The third kappa shape index (κ3) is 2.47. The molecule has 2 atom stereocenters. The minimum Gasteiger partial charge on any atom is -0.383 e. The van der Waals surface area contributed by atoms with Gasteiger partial charge >= 0.3 is 0 Å². The van der Waals surface area contributed by atoms with Crippen LogP contribution >= 0.6 is 0 Å². The Balaban J connectivity index is 2.09. The normalized spacial score (nSPS) is 21.4. The van der Waals surface area contributed by atoms with E-state index in [4.69, 9.17) is 11.5 Å². The minimum absolute atomic E-state index is 0.335. The molecule has 1 fully saturated rings. The molecule has 5 nitrogen and oxygen atoms in total. The van der Waals surface area contributed by atoms with Gasteiger partial charge in [0.15, 0.2) is 0 Å². The van der Waals surface area contributed by atoms with E-state index >= 15 is 0 Å². The van der Waals surface area contributed by atoms with Crippen LogP contribution < -0.4 is 11.5 Å². The molecule has 0 aliphatic heterocycles. The van der Waals surface area contributed by atoms with Gasteiger partial charge in [-0.25, -0.2) is 9.97 Å². The molecule has 0 spiro atoms. The number of nitrogen functional groups attached to an aromatic ring is 1. The highest BCUT2D eigenvalue weighted by molar-refractivity contribution is 5.92. The maximum absolute atomic E-state index is 6.03. The molecule has 1 saturated carbocycles. The first-order chi connectivity index (χ1) is 10.2. The first-order valence-electron chi connectivity index (χ1n) is 7.54. The summed E-state index contributed by atoms with van der Waals surface area (Å²) in [5.74, 6) is 7.30. The van der Waals surface area contributed by atoms with Gasteiger partial charge < -0.3 is 16.0 Å². The lowest BCUT2D eigenvalue weighted by Crippen LogP contribution is -2.05. The Hall–Kier alpha value is -2.06. The van der Waals surface area contributed by atoms with Crippen molar-refractivity contribution in [2.45, 2.75) is 38.6 Å². The van der Waals surface area contributed by atoms with E-state index in [1.54, 1.807) is 0 Å². The predicted octanol–water partition coefficient (Wildman–Crippen LogP) is 2.07. The third-order valence-electron chi connectivity index (χ3n) is 4.45. The van der Waals surface area contributed by atoms with Crippen molar-refractivity contribution in [2.24, 2.45) is 11.7 Å². The molecule has 1 aliphatic rings. The zero-order valence-electron chi connectivity index (χ0n) is 12.3. The van der Waals surface area contributed by atoms with Gasteiger partial charge in [0.1, 0.15) is 17.8 Å². The van der Waals surface area contributed by atoms with E-state index in [-0.39, 0.29) is 0 Å². The molecule has 21 heavy (non-hydrogen) atoms. The van der Waals surface area contributed by atoms with Crippen LogP contribution in [0.25, 0.3) is 11.0 Å². The summed E-state index contributed by atoms with van der Waals surface area (Å²) in [6.45, 7) is 2.60. The highest BCUT2D eigenvalue weighted by Crippen LogP contribution is 2.39. The Morgan fingerprint density at radius 2 is 2.24 bits per heavy atom. The molecular weight excluding hydrogens is 262 g/mol. The van der Waals surface area contributed by atoms with E-state index in [0.29, 0.717) is 18.4 Å². The Labute approximate surface area is 124 Å². The average Bonchev–Trinajstić information content (AvgIpc) is 3.10. The van der Waals surface area contributed by atoms with Crippen LogP contribution in [0.15, 0.2) is 12.5 Å². The number of aromatic nitrogens is 3.